The summed E-state index contributed by atoms with van der Waals surface area (Å²) < 4.78 is 10.7. The fraction of sp³-hybridized carbons (Fsp3) is 0.647. The van der Waals surface area contributed by atoms with Gasteiger partial charge in [0, 0.05) is 25.7 Å². The van der Waals surface area contributed by atoms with Crippen LogP contribution in [0.5, 0.6) is 5.75 Å². The first-order valence-electron chi connectivity index (χ1n) is 7.84. The van der Waals surface area contributed by atoms with E-state index >= 15 is 0 Å². The van der Waals surface area contributed by atoms with E-state index in [1.165, 1.54) is 5.56 Å². The van der Waals surface area contributed by atoms with Crippen molar-refractivity contribution in [2.45, 2.75) is 26.3 Å². The van der Waals surface area contributed by atoms with Gasteiger partial charge < -0.3 is 19.7 Å². The number of nitrogens with one attached hydrogen (secondary N) is 1. The molecule has 0 amide bonds. The Bertz CT molecular complexity index is 368. The molecule has 1 rings (SSSR count). The van der Waals surface area contributed by atoms with Crippen LogP contribution in [-0.2, 0) is 4.74 Å². The molecule has 0 aliphatic rings. The van der Waals surface area contributed by atoms with E-state index in [1.807, 2.05) is 19.1 Å². The highest BCUT2D eigenvalue weighted by molar-refractivity contribution is 5.29. The summed E-state index contributed by atoms with van der Waals surface area (Å²) in [6, 6.07) is 8.67. The number of hydrogen-bond donors (Lipinski definition) is 1. The Hall–Kier alpha value is -1.10. The molecule has 0 aliphatic carbocycles. The van der Waals surface area contributed by atoms with Gasteiger partial charge in [0.15, 0.2) is 0 Å². The highest BCUT2D eigenvalue weighted by atomic mass is 16.5. The van der Waals surface area contributed by atoms with Crippen molar-refractivity contribution in [1.29, 1.82) is 0 Å². The zero-order valence-corrected chi connectivity index (χ0v) is 13.9. The fourth-order valence-electron chi connectivity index (χ4n) is 2.21. The Balaban J connectivity index is 2.60. The molecule has 4 heteroatoms. The van der Waals surface area contributed by atoms with Gasteiger partial charge in [-0.1, -0.05) is 19.1 Å². The maximum atomic E-state index is 5.42. The van der Waals surface area contributed by atoms with Crippen molar-refractivity contribution in [3.05, 3.63) is 29.8 Å². The van der Waals surface area contributed by atoms with Crippen molar-refractivity contribution in [3.63, 3.8) is 0 Å². The van der Waals surface area contributed by atoms with Crippen LogP contribution in [0.2, 0.25) is 0 Å². The molecule has 0 fully saturated rings. The van der Waals surface area contributed by atoms with Gasteiger partial charge in [-0.15, -0.1) is 0 Å². The zero-order chi connectivity index (χ0) is 15.5. The molecule has 1 aromatic rings. The summed E-state index contributed by atoms with van der Waals surface area (Å²) in [4.78, 5) is 2.31. The number of methoxy groups -OCH3 is 1. The van der Waals surface area contributed by atoms with Crippen LogP contribution in [0.4, 0.5) is 0 Å². The van der Waals surface area contributed by atoms with Gasteiger partial charge in [-0.3, -0.25) is 0 Å². The van der Waals surface area contributed by atoms with Crippen molar-refractivity contribution in [1.82, 2.24) is 10.2 Å². The van der Waals surface area contributed by atoms with Crippen molar-refractivity contribution in [3.8, 4) is 5.75 Å². The lowest BCUT2D eigenvalue weighted by atomic mass is 10.1. The van der Waals surface area contributed by atoms with Crippen molar-refractivity contribution < 1.29 is 9.47 Å². The van der Waals surface area contributed by atoms with Crippen LogP contribution in [0, 0.1) is 0 Å². The predicted molar refractivity (Wildman–Crippen MR) is 88.0 cm³/mol. The Labute approximate surface area is 129 Å². The van der Waals surface area contributed by atoms with E-state index < -0.39 is 0 Å². The lowest BCUT2D eigenvalue weighted by molar-refractivity contribution is 0.119. The summed E-state index contributed by atoms with van der Waals surface area (Å²) in [6.45, 7) is 8.74. The minimum absolute atomic E-state index is 0.336. The van der Waals surface area contributed by atoms with Crippen molar-refractivity contribution >= 4 is 0 Å². The van der Waals surface area contributed by atoms with E-state index in [9.17, 15) is 0 Å². The Kier molecular flexibility index (Phi) is 9.06. The molecule has 0 radical (unpaired) electrons. The smallest absolute Gasteiger partial charge is 0.118 e. The first-order valence-corrected chi connectivity index (χ1v) is 7.84. The average Bonchev–Trinajstić information content (AvgIpc) is 2.52. The Morgan fingerprint density at radius 2 is 1.90 bits per heavy atom. The zero-order valence-electron chi connectivity index (χ0n) is 13.9. The van der Waals surface area contributed by atoms with Crippen LogP contribution in [0.1, 0.15) is 31.9 Å². The van der Waals surface area contributed by atoms with Crippen molar-refractivity contribution in [2.24, 2.45) is 0 Å². The summed E-state index contributed by atoms with van der Waals surface area (Å²) in [6.07, 6.45) is 1.13. The molecular weight excluding hydrogens is 264 g/mol. The van der Waals surface area contributed by atoms with Crippen LogP contribution >= 0.6 is 0 Å². The number of benzene rings is 1. The molecule has 0 bridgehead atoms. The molecule has 1 aromatic carbocycles. The van der Waals surface area contributed by atoms with E-state index in [0.29, 0.717) is 6.04 Å². The normalized spacial score (nSPS) is 12.6. The van der Waals surface area contributed by atoms with Crippen LogP contribution in [0.25, 0.3) is 0 Å². The third-order valence-electron chi connectivity index (χ3n) is 3.47. The first-order chi connectivity index (χ1) is 10.2. The molecule has 0 saturated carbocycles. The van der Waals surface area contributed by atoms with Crippen LogP contribution in [-0.4, -0.2) is 51.9 Å². The highest BCUT2D eigenvalue weighted by Gasteiger charge is 2.13. The van der Waals surface area contributed by atoms with Gasteiger partial charge in [-0.2, -0.15) is 0 Å². The molecule has 0 saturated heterocycles. The Morgan fingerprint density at radius 3 is 2.48 bits per heavy atom. The average molecular weight is 294 g/mol. The topological polar surface area (TPSA) is 33.7 Å². The van der Waals surface area contributed by atoms with E-state index in [2.05, 4.69) is 36.3 Å². The van der Waals surface area contributed by atoms with Gasteiger partial charge in [-0.05, 0) is 44.6 Å². The lowest BCUT2D eigenvalue weighted by Gasteiger charge is -2.25. The summed E-state index contributed by atoms with van der Waals surface area (Å²) in [7, 11) is 3.84. The van der Waals surface area contributed by atoms with E-state index in [4.69, 9.17) is 9.47 Å². The van der Waals surface area contributed by atoms with E-state index in [-0.39, 0.29) is 0 Å². The summed E-state index contributed by atoms with van der Waals surface area (Å²) >= 11 is 0. The molecule has 4 nitrogen and oxygen atoms in total. The van der Waals surface area contributed by atoms with Crippen molar-refractivity contribution in [2.75, 3.05) is 47.0 Å². The molecule has 0 heterocycles. The molecule has 1 unspecified atom stereocenters. The standard InChI is InChI=1S/C17H30N2O2/c1-5-11-18-17(14-19(3)12-13-21-6-2)15-7-9-16(20-4)10-8-15/h7-10,17-18H,5-6,11-14H2,1-4H3. The van der Waals surface area contributed by atoms with Gasteiger partial charge in [0.1, 0.15) is 5.75 Å². The molecule has 0 spiro atoms. The Morgan fingerprint density at radius 1 is 1.19 bits per heavy atom. The molecule has 0 aromatic heterocycles. The maximum Gasteiger partial charge on any atom is 0.118 e. The molecule has 120 valence electrons. The maximum absolute atomic E-state index is 5.42. The second kappa shape index (κ2) is 10.6. The van der Waals surface area contributed by atoms with Gasteiger partial charge in [0.25, 0.3) is 0 Å². The molecule has 1 atom stereocenters. The van der Waals surface area contributed by atoms with Crippen LogP contribution in [0.3, 0.4) is 0 Å². The number of ether oxygens (including phenoxy) is 2. The number of nitrogens with zero attached hydrogens (tertiary/aromatic N) is 1. The number of hydrogen-bond acceptors (Lipinski definition) is 4. The van der Waals surface area contributed by atoms with Gasteiger partial charge in [0.05, 0.1) is 13.7 Å². The van der Waals surface area contributed by atoms with Crippen LogP contribution < -0.4 is 10.1 Å². The van der Waals surface area contributed by atoms with Gasteiger partial charge in [0.2, 0.25) is 0 Å². The second-order valence-electron chi connectivity index (χ2n) is 5.24. The summed E-state index contributed by atoms with van der Waals surface area (Å²) in [5.74, 6) is 0.901. The third kappa shape index (κ3) is 6.93. The quantitative estimate of drug-likeness (QED) is 0.636. The predicted octanol–water partition coefficient (Wildman–Crippen LogP) is 2.70. The van der Waals surface area contributed by atoms with Crippen LogP contribution in [0.15, 0.2) is 24.3 Å². The fourth-order valence-corrected chi connectivity index (χ4v) is 2.21. The van der Waals surface area contributed by atoms with E-state index in [0.717, 1.165) is 45.0 Å². The first kappa shape index (κ1) is 18.0. The monoisotopic (exact) mass is 294 g/mol. The third-order valence-corrected chi connectivity index (χ3v) is 3.47. The number of rotatable bonds is 11. The molecule has 21 heavy (non-hydrogen) atoms. The van der Waals surface area contributed by atoms with Gasteiger partial charge >= 0.3 is 0 Å². The van der Waals surface area contributed by atoms with E-state index in [1.54, 1.807) is 7.11 Å². The largest absolute Gasteiger partial charge is 0.497 e. The highest BCUT2D eigenvalue weighted by Crippen LogP contribution is 2.18. The minimum atomic E-state index is 0.336. The summed E-state index contributed by atoms with van der Waals surface area (Å²) in [5.41, 5.74) is 1.30. The molecule has 0 aliphatic heterocycles. The number of likely N-dealkylation sites (N-methyl/N-ethyl adjacent to an activating group) is 1. The molecular formula is C17H30N2O2. The SMILES string of the molecule is CCCNC(CN(C)CCOCC)c1ccc(OC)cc1. The minimum Gasteiger partial charge on any atom is -0.497 e. The van der Waals surface area contributed by atoms with Gasteiger partial charge in [-0.25, -0.2) is 0 Å². The summed E-state index contributed by atoms with van der Waals surface area (Å²) in [5, 5.41) is 3.62. The molecule has 1 N–H and O–H groups in total. The lowest BCUT2D eigenvalue weighted by Crippen LogP contribution is -2.35. The second-order valence-corrected chi connectivity index (χ2v) is 5.24.